The van der Waals surface area contributed by atoms with Crippen LogP contribution < -0.4 is 10.1 Å². The molecule has 0 aliphatic rings. The van der Waals surface area contributed by atoms with Crippen LogP contribution in [0.5, 0.6) is 0 Å². The molecule has 0 saturated heterocycles. The molecule has 17 heavy (non-hydrogen) atoms. The van der Waals surface area contributed by atoms with E-state index in [2.05, 4.69) is 46.1 Å². The molecule has 0 unspecified atom stereocenters. The van der Waals surface area contributed by atoms with Gasteiger partial charge in [-0.05, 0) is 5.41 Å². The molecule has 3 heteroatoms. The molecule has 1 aromatic heterocycles. The summed E-state index contributed by atoms with van der Waals surface area (Å²) in [5, 5.41) is 0. The summed E-state index contributed by atoms with van der Waals surface area (Å²) in [7, 11) is 3.82. The highest BCUT2D eigenvalue weighted by Crippen LogP contribution is 2.28. The number of hydrogen-bond donors (Lipinski definition) is 0. The molecule has 0 amide bonds. The van der Waals surface area contributed by atoms with E-state index >= 15 is 0 Å². The summed E-state index contributed by atoms with van der Waals surface area (Å²) in [6.07, 6.45) is 1.86. The first kappa shape index (κ1) is 13.9. The molecule has 1 rings (SSSR count). The lowest BCUT2D eigenvalue weighted by Crippen LogP contribution is -2.49. The van der Waals surface area contributed by atoms with Gasteiger partial charge < -0.3 is 0 Å². The third-order valence-corrected chi connectivity index (χ3v) is 2.93. The van der Waals surface area contributed by atoms with Crippen LogP contribution >= 0.6 is 0 Å². The van der Waals surface area contributed by atoms with Crippen molar-refractivity contribution in [2.75, 3.05) is 0 Å². The predicted octanol–water partition coefficient (Wildman–Crippen LogP) is 1.80. The summed E-state index contributed by atoms with van der Waals surface area (Å²) in [4.78, 5) is 12.4. The van der Waals surface area contributed by atoms with Crippen LogP contribution in [-0.2, 0) is 24.9 Å². The molecule has 0 atom stereocenters. The van der Waals surface area contributed by atoms with Gasteiger partial charge in [0.1, 0.15) is 5.69 Å². The minimum Gasteiger partial charge on any atom is -0.241 e. The smallest absolute Gasteiger partial charge is 0.241 e. The highest BCUT2D eigenvalue weighted by molar-refractivity contribution is 5.26. The predicted molar refractivity (Wildman–Crippen MR) is 70.3 cm³/mol. The molecule has 0 N–H and O–H groups in total. The number of nitrogens with zero attached hydrogens (tertiary/aromatic N) is 2. The van der Waals surface area contributed by atoms with E-state index in [0.29, 0.717) is 0 Å². The molecule has 0 aliphatic carbocycles. The van der Waals surface area contributed by atoms with Crippen molar-refractivity contribution in [1.82, 2.24) is 4.57 Å². The van der Waals surface area contributed by atoms with Crippen molar-refractivity contribution in [1.29, 1.82) is 0 Å². The second-order valence-corrected chi connectivity index (χ2v) is 6.87. The van der Waals surface area contributed by atoms with Gasteiger partial charge in [0.15, 0.2) is 0 Å². The van der Waals surface area contributed by atoms with Crippen LogP contribution in [0.2, 0.25) is 0 Å². The number of aromatic nitrogens is 2. The Morgan fingerprint density at radius 3 is 1.88 bits per heavy atom. The van der Waals surface area contributed by atoms with Gasteiger partial charge in [-0.2, -0.15) is 0 Å². The summed E-state index contributed by atoms with van der Waals surface area (Å²) in [5.74, 6) is 0. The SMILES string of the molecule is Cn1c[n+](C)c(C(C)(C)C)c(C(C)(C)C)c1=O. The van der Waals surface area contributed by atoms with Gasteiger partial charge >= 0.3 is 5.56 Å². The molecule has 96 valence electrons. The van der Waals surface area contributed by atoms with E-state index < -0.39 is 0 Å². The van der Waals surface area contributed by atoms with Gasteiger partial charge in [0.05, 0.1) is 19.7 Å². The van der Waals surface area contributed by atoms with Crippen LogP contribution in [0.3, 0.4) is 0 Å². The van der Waals surface area contributed by atoms with Gasteiger partial charge in [0, 0.05) is 5.41 Å². The summed E-state index contributed by atoms with van der Waals surface area (Å²) < 4.78 is 3.73. The Balaban J connectivity index is 3.83. The van der Waals surface area contributed by atoms with Crippen LogP contribution in [0.15, 0.2) is 11.1 Å². The average molecular weight is 237 g/mol. The molecule has 0 aliphatic heterocycles. The second-order valence-electron chi connectivity index (χ2n) is 6.87. The van der Waals surface area contributed by atoms with Gasteiger partial charge in [-0.1, -0.05) is 41.5 Å². The Bertz CT molecular complexity index is 485. The van der Waals surface area contributed by atoms with Crippen molar-refractivity contribution in [3.8, 4) is 0 Å². The third kappa shape index (κ3) is 2.59. The Labute approximate surface area is 104 Å². The minimum atomic E-state index is -0.142. The van der Waals surface area contributed by atoms with Crippen LogP contribution in [0.4, 0.5) is 0 Å². The van der Waals surface area contributed by atoms with Crippen molar-refractivity contribution in [3.05, 3.63) is 27.9 Å². The minimum absolute atomic E-state index is 0.0369. The molecule has 0 spiro atoms. The van der Waals surface area contributed by atoms with E-state index in [4.69, 9.17) is 0 Å². The molecular formula is C14H25N2O+. The summed E-state index contributed by atoms with van der Waals surface area (Å²) in [5.41, 5.74) is 1.97. The first-order chi connectivity index (χ1) is 7.46. The lowest BCUT2D eigenvalue weighted by molar-refractivity contribution is -0.687. The van der Waals surface area contributed by atoms with Crippen molar-refractivity contribution in [2.24, 2.45) is 14.1 Å². The Morgan fingerprint density at radius 2 is 1.53 bits per heavy atom. The first-order valence-corrected chi connectivity index (χ1v) is 6.06. The molecule has 0 aromatic carbocycles. The lowest BCUT2D eigenvalue weighted by Gasteiger charge is -2.27. The Hall–Kier alpha value is -1.12. The maximum absolute atomic E-state index is 12.4. The molecule has 1 heterocycles. The van der Waals surface area contributed by atoms with Crippen LogP contribution in [0.1, 0.15) is 52.8 Å². The standard InChI is InChI=1S/C14H25N2O/c1-13(2,3)10-11(14(4,5)6)15(7)9-16(8)12(10)17/h9H,1-8H3/q+1. The monoisotopic (exact) mass is 237 g/mol. The average Bonchev–Trinajstić information content (AvgIpc) is 2.06. The molecule has 0 radical (unpaired) electrons. The zero-order chi connectivity index (χ0) is 13.6. The van der Waals surface area contributed by atoms with E-state index in [1.807, 2.05) is 20.4 Å². The van der Waals surface area contributed by atoms with Gasteiger partial charge in [0.2, 0.25) is 6.33 Å². The summed E-state index contributed by atoms with van der Waals surface area (Å²) >= 11 is 0. The van der Waals surface area contributed by atoms with Gasteiger partial charge in [0.25, 0.3) is 0 Å². The van der Waals surface area contributed by atoms with Crippen molar-refractivity contribution >= 4 is 0 Å². The van der Waals surface area contributed by atoms with Gasteiger partial charge in [-0.25, -0.2) is 13.9 Å². The topological polar surface area (TPSA) is 25.9 Å². The Kier molecular flexibility index (Phi) is 3.25. The molecular weight excluding hydrogens is 212 g/mol. The highest BCUT2D eigenvalue weighted by Gasteiger charge is 2.34. The molecule has 0 fully saturated rings. The molecule has 3 nitrogen and oxygen atoms in total. The fourth-order valence-corrected chi connectivity index (χ4v) is 2.40. The van der Waals surface area contributed by atoms with Crippen molar-refractivity contribution in [2.45, 2.75) is 52.4 Å². The summed E-state index contributed by atoms with van der Waals surface area (Å²) in [6.45, 7) is 12.7. The zero-order valence-corrected chi connectivity index (χ0v) is 12.4. The van der Waals surface area contributed by atoms with Crippen molar-refractivity contribution < 1.29 is 4.57 Å². The zero-order valence-electron chi connectivity index (χ0n) is 12.4. The fraction of sp³-hybridized carbons (Fsp3) is 0.714. The van der Waals surface area contributed by atoms with Crippen molar-refractivity contribution in [3.63, 3.8) is 0 Å². The van der Waals surface area contributed by atoms with Gasteiger partial charge in [-0.3, -0.25) is 0 Å². The van der Waals surface area contributed by atoms with Crippen LogP contribution in [0.25, 0.3) is 0 Å². The Morgan fingerprint density at radius 1 is 1.06 bits per heavy atom. The fourth-order valence-electron chi connectivity index (χ4n) is 2.40. The maximum atomic E-state index is 12.4. The number of aryl methyl sites for hydroxylation is 2. The quantitative estimate of drug-likeness (QED) is 0.632. The van der Waals surface area contributed by atoms with E-state index in [-0.39, 0.29) is 16.4 Å². The molecule has 0 bridgehead atoms. The largest absolute Gasteiger partial charge is 0.340 e. The van der Waals surface area contributed by atoms with Gasteiger partial charge in [-0.15, -0.1) is 0 Å². The van der Waals surface area contributed by atoms with E-state index in [0.717, 1.165) is 11.3 Å². The molecule has 0 saturated carbocycles. The molecule has 1 aromatic rings. The van der Waals surface area contributed by atoms with E-state index in [1.54, 1.807) is 4.57 Å². The first-order valence-electron chi connectivity index (χ1n) is 6.06. The normalized spacial score (nSPS) is 12.9. The van der Waals surface area contributed by atoms with Crippen LogP contribution in [0, 0.1) is 0 Å². The van der Waals surface area contributed by atoms with E-state index in [9.17, 15) is 4.79 Å². The summed E-state index contributed by atoms with van der Waals surface area (Å²) in [6, 6.07) is 0. The number of hydrogen-bond acceptors (Lipinski definition) is 1. The van der Waals surface area contributed by atoms with E-state index in [1.165, 1.54) is 0 Å². The second kappa shape index (κ2) is 3.97. The maximum Gasteiger partial charge on any atom is 0.340 e. The lowest BCUT2D eigenvalue weighted by atomic mass is 9.78. The number of rotatable bonds is 0. The highest BCUT2D eigenvalue weighted by atomic mass is 16.1. The third-order valence-electron chi connectivity index (χ3n) is 2.93. The van der Waals surface area contributed by atoms with Crippen LogP contribution in [-0.4, -0.2) is 4.57 Å².